The second kappa shape index (κ2) is 8.55. The summed E-state index contributed by atoms with van der Waals surface area (Å²) in [6.07, 6.45) is 1.65. The Hall–Kier alpha value is -2.27. The molecule has 126 valence electrons. The fourth-order valence-electron chi connectivity index (χ4n) is 1.99. The molecule has 1 amide bonds. The highest BCUT2D eigenvalue weighted by Crippen LogP contribution is 2.23. The molecule has 2 rings (SSSR count). The second-order valence-electron chi connectivity index (χ2n) is 5.79. The Morgan fingerprint density at radius 3 is 2.33 bits per heavy atom. The Bertz CT molecular complexity index is 694. The molecule has 0 fully saturated rings. The number of nitrogens with zero attached hydrogens (tertiary/aromatic N) is 2. The van der Waals surface area contributed by atoms with Gasteiger partial charge in [0.1, 0.15) is 0 Å². The number of carbonyl (C=O) groups is 1. The molecular weight excluding hydrogens is 318 g/mol. The third-order valence-electron chi connectivity index (χ3n) is 3.50. The molecule has 0 bridgehead atoms. The van der Waals surface area contributed by atoms with Gasteiger partial charge in [0.25, 0.3) is 5.91 Å². The highest BCUT2D eigenvalue weighted by molar-refractivity contribution is 8.00. The Balaban J connectivity index is 1.86. The Labute approximate surface area is 148 Å². The first-order chi connectivity index (χ1) is 11.5. The van der Waals surface area contributed by atoms with E-state index in [0.29, 0.717) is 0 Å². The summed E-state index contributed by atoms with van der Waals surface area (Å²) in [4.78, 5) is 15.2. The first kappa shape index (κ1) is 18.1. The third-order valence-corrected chi connectivity index (χ3v) is 4.61. The molecule has 0 heterocycles. The van der Waals surface area contributed by atoms with Gasteiger partial charge < -0.3 is 4.90 Å². The van der Waals surface area contributed by atoms with E-state index in [1.807, 2.05) is 81.4 Å². The number of benzene rings is 2. The number of hydrogen-bond acceptors (Lipinski definition) is 4. The molecule has 0 aromatic heterocycles. The van der Waals surface area contributed by atoms with Crippen LogP contribution in [0.4, 0.5) is 5.69 Å². The zero-order valence-corrected chi connectivity index (χ0v) is 15.3. The van der Waals surface area contributed by atoms with Crippen molar-refractivity contribution in [3.63, 3.8) is 0 Å². The summed E-state index contributed by atoms with van der Waals surface area (Å²) in [7, 11) is 3.99. The van der Waals surface area contributed by atoms with Gasteiger partial charge in [-0.1, -0.05) is 29.8 Å². The summed E-state index contributed by atoms with van der Waals surface area (Å²) in [5.74, 6) is -0.110. The lowest BCUT2D eigenvalue weighted by molar-refractivity contribution is -0.120. The van der Waals surface area contributed by atoms with Crippen LogP contribution in [0.25, 0.3) is 0 Å². The molecule has 0 radical (unpaired) electrons. The quantitative estimate of drug-likeness (QED) is 0.495. The topological polar surface area (TPSA) is 44.7 Å². The maximum Gasteiger partial charge on any atom is 0.253 e. The van der Waals surface area contributed by atoms with E-state index in [-0.39, 0.29) is 11.2 Å². The number of rotatable bonds is 6. The van der Waals surface area contributed by atoms with E-state index >= 15 is 0 Å². The van der Waals surface area contributed by atoms with Crippen molar-refractivity contribution in [1.29, 1.82) is 0 Å². The highest BCUT2D eigenvalue weighted by Gasteiger charge is 2.13. The van der Waals surface area contributed by atoms with Gasteiger partial charge in [-0.3, -0.25) is 4.79 Å². The van der Waals surface area contributed by atoms with Crippen LogP contribution in [0, 0.1) is 6.92 Å². The first-order valence-electron chi connectivity index (χ1n) is 7.79. The minimum atomic E-state index is -0.207. The van der Waals surface area contributed by atoms with E-state index < -0.39 is 0 Å². The van der Waals surface area contributed by atoms with E-state index in [9.17, 15) is 4.79 Å². The summed E-state index contributed by atoms with van der Waals surface area (Å²) >= 11 is 1.52. The zero-order chi connectivity index (χ0) is 17.5. The van der Waals surface area contributed by atoms with E-state index in [1.54, 1.807) is 6.21 Å². The SMILES string of the molecule is Cc1ccc(S[C@@H](C)C(=O)N/N=C\c2ccc(N(C)C)cc2)cc1. The van der Waals surface area contributed by atoms with Crippen molar-refractivity contribution in [2.75, 3.05) is 19.0 Å². The van der Waals surface area contributed by atoms with E-state index in [0.717, 1.165) is 16.1 Å². The number of aryl methyl sites for hydroxylation is 1. The normalized spacial score (nSPS) is 12.2. The van der Waals surface area contributed by atoms with Gasteiger partial charge in [0.05, 0.1) is 11.5 Å². The molecule has 0 spiro atoms. The lowest BCUT2D eigenvalue weighted by Gasteiger charge is -2.11. The van der Waals surface area contributed by atoms with Crippen LogP contribution in [0.2, 0.25) is 0 Å². The highest BCUT2D eigenvalue weighted by atomic mass is 32.2. The van der Waals surface area contributed by atoms with Crippen LogP contribution in [0.1, 0.15) is 18.1 Å². The molecule has 0 aliphatic heterocycles. The average molecular weight is 341 g/mol. The Kier molecular flexibility index (Phi) is 6.44. The van der Waals surface area contributed by atoms with Gasteiger partial charge in [-0.05, 0) is 43.7 Å². The van der Waals surface area contributed by atoms with Crippen molar-refractivity contribution in [1.82, 2.24) is 5.43 Å². The van der Waals surface area contributed by atoms with Crippen molar-refractivity contribution in [3.05, 3.63) is 59.7 Å². The summed E-state index contributed by atoms with van der Waals surface area (Å²) in [5.41, 5.74) is 5.88. The number of amides is 1. The Morgan fingerprint density at radius 2 is 1.75 bits per heavy atom. The number of hydrazone groups is 1. The molecule has 2 aromatic rings. The molecular formula is C19H23N3OS. The molecule has 24 heavy (non-hydrogen) atoms. The van der Waals surface area contributed by atoms with Gasteiger partial charge in [0.15, 0.2) is 0 Å². The maximum atomic E-state index is 12.1. The number of carbonyl (C=O) groups excluding carboxylic acids is 1. The summed E-state index contributed by atoms with van der Waals surface area (Å²) < 4.78 is 0. The van der Waals surface area contributed by atoms with Crippen molar-refractivity contribution in [2.24, 2.45) is 5.10 Å². The van der Waals surface area contributed by atoms with Crippen LogP contribution < -0.4 is 10.3 Å². The van der Waals surface area contributed by atoms with E-state index in [2.05, 4.69) is 10.5 Å². The predicted octanol–water partition coefficient (Wildman–Crippen LogP) is 3.69. The molecule has 0 saturated carbocycles. The number of hydrogen-bond donors (Lipinski definition) is 1. The van der Waals surface area contributed by atoms with Crippen LogP contribution in [-0.4, -0.2) is 31.5 Å². The van der Waals surface area contributed by atoms with Crippen LogP contribution in [-0.2, 0) is 4.79 Å². The third kappa shape index (κ3) is 5.42. The van der Waals surface area contributed by atoms with E-state index in [4.69, 9.17) is 0 Å². The van der Waals surface area contributed by atoms with Crippen molar-refractivity contribution in [3.8, 4) is 0 Å². The van der Waals surface area contributed by atoms with Gasteiger partial charge in [0, 0.05) is 24.7 Å². The van der Waals surface area contributed by atoms with Crippen LogP contribution in [0.5, 0.6) is 0 Å². The van der Waals surface area contributed by atoms with Gasteiger partial charge in [0.2, 0.25) is 0 Å². The zero-order valence-electron chi connectivity index (χ0n) is 14.5. The van der Waals surface area contributed by atoms with Gasteiger partial charge >= 0.3 is 0 Å². The monoisotopic (exact) mass is 341 g/mol. The maximum absolute atomic E-state index is 12.1. The average Bonchev–Trinajstić information content (AvgIpc) is 2.57. The van der Waals surface area contributed by atoms with Crippen molar-refractivity contribution < 1.29 is 4.79 Å². The molecule has 2 aromatic carbocycles. The first-order valence-corrected chi connectivity index (χ1v) is 8.67. The molecule has 0 aliphatic carbocycles. The van der Waals surface area contributed by atoms with Crippen LogP contribution >= 0.6 is 11.8 Å². The number of thioether (sulfide) groups is 1. The predicted molar refractivity (Wildman–Crippen MR) is 103 cm³/mol. The molecule has 4 nitrogen and oxygen atoms in total. The number of nitrogens with one attached hydrogen (secondary N) is 1. The van der Waals surface area contributed by atoms with Gasteiger partial charge in [-0.25, -0.2) is 5.43 Å². The van der Waals surface area contributed by atoms with E-state index in [1.165, 1.54) is 17.3 Å². The summed E-state index contributed by atoms with van der Waals surface area (Å²) in [6, 6.07) is 16.1. The fourth-order valence-corrected chi connectivity index (χ4v) is 2.86. The second-order valence-corrected chi connectivity index (χ2v) is 7.21. The molecule has 5 heteroatoms. The number of anilines is 1. The molecule has 0 unspecified atom stereocenters. The molecule has 0 aliphatic rings. The molecule has 1 N–H and O–H groups in total. The minimum Gasteiger partial charge on any atom is -0.378 e. The molecule has 1 atom stereocenters. The minimum absolute atomic E-state index is 0.110. The van der Waals surface area contributed by atoms with Crippen molar-refractivity contribution >= 4 is 29.6 Å². The van der Waals surface area contributed by atoms with Gasteiger partial charge in [-0.2, -0.15) is 5.10 Å². The summed E-state index contributed by atoms with van der Waals surface area (Å²) in [6.45, 7) is 3.92. The van der Waals surface area contributed by atoms with Crippen LogP contribution in [0.3, 0.4) is 0 Å². The lowest BCUT2D eigenvalue weighted by Crippen LogP contribution is -2.26. The summed E-state index contributed by atoms with van der Waals surface area (Å²) in [5, 5.41) is 3.83. The standard InChI is InChI=1S/C19H23N3OS/c1-14-5-11-18(12-6-14)24-15(2)19(23)21-20-13-16-7-9-17(10-8-16)22(3)4/h5-13,15H,1-4H3,(H,21,23)/b20-13-/t15-/m0/s1. The Morgan fingerprint density at radius 1 is 1.12 bits per heavy atom. The smallest absolute Gasteiger partial charge is 0.253 e. The van der Waals surface area contributed by atoms with Crippen LogP contribution in [0.15, 0.2) is 58.5 Å². The van der Waals surface area contributed by atoms with Gasteiger partial charge in [-0.15, -0.1) is 11.8 Å². The fraction of sp³-hybridized carbons (Fsp3) is 0.263. The van der Waals surface area contributed by atoms with Crippen molar-refractivity contribution in [2.45, 2.75) is 24.0 Å². The lowest BCUT2D eigenvalue weighted by atomic mass is 10.2. The largest absolute Gasteiger partial charge is 0.378 e. The molecule has 0 saturated heterocycles.